The van der Waals surface area contributed by atoms with Crippen molar-refractivity contribution in [2.45, 2.75) is 0 Å². The van der Waals surface area contributed by atoms with E-state index in [0.717, 1.165) is 10.2 Å². The Morgan fingerprint density at radius 3 is 2.59 bits per heavy atom. The monoisotopic (exact) mass is 297 g/mol. The summed E-state index contributed by atoms with van der Waals surface area (Å²) in [6, 6.07) is 11.9. The van der Waals surface area contributed by atoms with Crippen molar-refractivity contribution < 1.29 is 9.72 Å². The van der Waals surface area contributed by atoms with Gasteiger partial charge in [0.1, 0.15) is 5.69 Å². The number of hydrogen-bond donors (Lipinski definition) is 2. The molecule has 0 aliphatic rings. The van der Waals surface area contributed by atoms with E-state index in [0.29, 0.717) is 11.2 Å². The zero-order valence-corrected chi connectivity index (χ0v) is 11.3. The molecule has 0 saturated carbocycles. The van der Waals surface area contributed by atoms with E-state index in [1.807, 2.05) is 18.2 Å². The van der Waals surface area contributed by atoms with E-state index in [1.54, 1.807) is 12.1 Å². The molecule has 22 heavy (non-hydrogen) atoms. The molecule has 0 fully saturated rings. The SMILES string of the molecule is NC(=O)c1cnn2c([N+](=O)[O-])ccc2c1Nc1ccccc1. The molecule has 110 valence electrons. The Morgan fingerprint density at radius 2 is 1.95 bits per heavy atom. The van der Waals surface area contributed by atoms with Crippen molar-refractivity contribution in [1.29, 1.82) is 0 Å². The van der Waals surface area contributed by atoms with E-state index in [4.69, 9.17) is 5.73 Å². The summed E-state index contributed by atoms with van der Waals surface area (Å²) in [5.74, 6) is -0.862. The molecule has 3 rings (SSSR count). The number of benzene rings is 1. The van der Waals surface area contributed by atoms with Crippen molar-refractivity contribution >= 4 is 28.6 Å². The molecule has 0 spiro atoms. The first-order valence-corrected chi connectivity index (χ1v) is 6.35. The molecule has 0 unspecified atom stereocenters. The van der Waals surface area contributed by atoms with E-state index >= 15 is 0 Å². The number of primary amides is 1. The highest BCUT2D eigenvalue weighted by Crippen LogP contribution is 2.28. The van der Waals surface area contributed by atoms with Crippen LogP contribution in [0.4, 0.5) is 17.2 Å². The number of nitro groups is 1. The van der Waals surface area contributed by atoms with Crippen molar-refractivity contribution in [2.75, 3.05) is 5.32 Å². The third-order valence-electron chi connectivity index (χ3n) is 3.16. The number of carbonyl (C=O) groups excluding carboxylic acids is 1. The number of rotatable bonds is 4. The summed E-state index contributed by atoms with van der Waals surface area (Å²) in [5, 5.41) is 18.0. The van der Waals surface area contributed by atoms with Gasteiger partial charge in [0, 0.05) is 11.8 Å². The van der Waals surface area contributed by atoms with Gasteiger partial charge >= 0.3 is 5.82 Å². The Bertz CT molecular complexity index is 873. The third-order valence-corrected chi connectivity index (χ3v) is 3.16. The Kier molecular flexibility index (Phi) is 3.18. The molecule has 2 aromatic heterocycles. The van der Waals surface area contributed by atoms with Gasteiger partial charge in [-0.15, -0.1) is 0 Å². The summed E-state index contributed by atoms with van der Waals surface area (Å²) in [5.41, 5.74) is 7.02. The van der Waals surface area contributed by atoms with Crippen molar-refractivity contribution in [3.63, 3.8) is 0 Å². The summed E-state index contributed by atoms with van der Waals surface area (Å²) in [4.78, 5) is 22.0. The number of para-hydroxylation sites is 1. The lowest BCUT2D eigenvalue weighted by Gasteiger charge is -2.09. The van der Waals surface area contributed by atoms with Crippen LogP contribution < -0.4 is 11.1 Å². The first kappa shape index (κ1) is 13.6. The summed E-state index contributed by atoms with van der Waals surface area (Å²) in [7, 11) is 0. The summed E-state index contributed by atoms with van der Waals surface area (Å²) >= 11 is 0. The van der Waals surface area contributed by atoms with Gasteiger partial charge in [-0.05, 0) is 23.1 Å². The molecule has 1 amide bonds. The van der Waals surface area contributed by atoms with Crippen LogP contribution in [-0.2, 0) is 0 Å². The fraction of sp³-hybridized carbons (Fsp3) is 0. The zero-order chi connectivity index (χ0) is 15.7. The van der Waals surface area contributed by atoms with Crippen LogP contribution in [-0.4, -0.2) is 20.4 Å². The van der Waals surface area contributed by atoms with E-state index in [2.05, 4.69) is 10.4 Å². The van der Waals surface area contributed by atoms with E-state index in [9.17, 15) is 14.9 Å². The lowest BCUT2D eigenvalue weighted by molar-refractivity contribution is -0.390. The van der Waals surface area contributed by atoms with Crippen LogP contribution in [0.15, 0.2) is 48.7 Å². The number of nitrogens with one attached hydrogen (secondary N) is 1. The van der Waals surface area contributed by atoms with Gasteiger partial charge in [0.25, 0.3) is 5.91 Å². The minimum Gasteiger partial charge on any atom is -0.365 e. The second kappa shape index (κ2) is 5.17. The molecule has 0 aliphatic heterocycles. The van der Waals surface area contributed by atoms with Crippen molar-refractivity contribution in [2.24, 2.45) is 5.73 Å². The highest BCUT2D eigenvalue weighted by atomic mass is 16.6. The number of fused-ring (bicyclic) bond motifs is 1. The number of amides is 1. The molecule has 8 heteroatoms. The number of aromatic nitrogens is 2. The normalized spacial score (nSPS) is 10.5. The van der Waals surface area contributed by atoms with Crippen LogP contribution in [0, 0.1) is 10.1 Å². The smallest absolute Gasteiger partial charge is 0.348 e. The second-order valence-electron chi connectivity index (χ2n) is 4.53. The van der Waals surface area contributed by atoms with Gasteiger partial charge in [-0.1, -0.05) is 27.8 Å². The molecular weight excluding hydrogens is 286 g/mol. The lowest BCUT2D eigenvalue weighted by Crippen LogP contribution is -2.15. The molecular formula is C14H11N5O3. The Hall–Kier alpha value is -3.42. The third kappa shape index (κ3) is 2.22. The molecule has 3 aromatic rings. The average molecular weight is 297 g/mol. The Labute approximate surface area is 124 Å². The lowest BCUT2D eigenvalue weighted by atomic mass is 10.2. The van der Waals surface area contributed by atoms with Crippen molar-refractivity contribution in [3.05, 3.63) is 64.3 Å². The van der Waals surface area contributed by atoms with Gasteiger partial charge in [0.15, 0.2) is 5.52 Å². The van der Waals surface area contributed by atoms with Crippen LogP contribution in [0.25, 0.3) is 5.52 Å². The molecule has 2 heterocycles. The summed E-state index contributed by atoms with van der Waals surface area (Å²) < 4.78 is 1.15. The zero-order valence-electron chi connectivity index (χ0n) is 11.3. The standard InChI is InChI=1S/C14H11N5O3/c15-14(20)10-8-16-18-11(6-7-12(18)19(21)22)13(10)17-9-4-2-1-3-5-9/h1-8,17H,(H2,15,20). The Morgan fingerprint density at radius 1 is 1.23 bits per heavy atom. The van der Waals surface area contributed by atoms with E-state index in [-0.39, 0.29) is 11.4 Å². The number of carbonyl (C=O) groups is 1. The number of nitrogens with zero attached hydrogens (tertiary/aromatic N) is 3. The van der Waals surface area contributed by atoms with Crippen LogP contribution >= 0.6 is 0 Å². The highest BCUT2D eigenvalue weighted by Gasteiger charge is 2.21. The molecule has 3 N–H and O–H groups in total. The molecule has 0 radical (unpaired) electrons. The minimum absolute atomic E-state index is 0.157. The fourth-order valence-electron chi connectivity index (χ4n) is 2.17. The van der Waals surface area contributed by atoms with Crippen molar-refractivity contribution in [3.8, 4) is 0 Å². The van der Waals surface area contributed by atoms with E-state index < -0.39 is 10.8 Å². The van der Waals surface area contributed by atoms with Crippen LogP contribution in [0.5, 0.6) is 0 Å². The van der Waals surface area contributed by atoms with Crippen LogP contribution in [0.2, 0.25) is 0 Å². The average Bonchev–Trinajstić information content (AvgIpc) is 2.93. The number of nitrogens with two attached hydrogens (primary N) is 1. The number of anilines is 2. The molecule has 8 nitrogen and oxygen atoms in total. The highest BCUT2D eigenvalue weighted by molar-refractivity contribution is 6.03. The minimum atomic E-state index is -0.669. The molecule has 1 aromatic carbocycles. The predicted octanol–water partition coefficient (Wildman–Crippen LogP) is 2.08. The Balaban J connectivity index is 2.22. The molecule has 0 saturated heterocycles. The molecule has 0 aliphatic carbocycles. The fourth-order valence-corrected chi connectivity index (χ4v) is 2.17. The van der Waals surface area contributed by atoms with Crippen LogP contribution in [0.1, 0.15) is 10.4 Å². The van der Waals surface area contributed by atoms with Gasteiger partial charge in [0.2, 0.25) is 0 Å². The van der Waals surface area contributed by atoms with Gasteiger partial charge in [-0.2, -0.15) is 0 Å². The summed E-state index contributed by atoms with van der Waals surface area (Å²) in [6.07, 6.45) is 1.22. The van der Waals surface area contributed by atoms with Gasteiger partial charge in [-0.25, -0.2) is 0 Å². The molecule has 0 atom stereocenters. The first-order valence-electron chi connectivity index (χ1n) is 6.35. The maximum absolute atomic E-state index is 11.6. The van der Waals surface area contributed by atoms with Crippen LogP contribution in [0.3, 0.4) is 0 Å². The maximum Gasteiger partial charge on any atom is 0.348 e. The molecule has 0 bridgehead atoms. The van der Waals surface area contributed by atoms with Crippen molar-refractivity contribution in [1.82, 2.24) is 9.61 Å². The maximum atomic E-state index is 11.6. The van der Waals surface area contributed by atoms with E-state index in [1.165, 1.54) is 18.3 Å². The predicted molar refractivity (Wildman–Crippen MR) is 80.1 cm³/mol. The second-order valence-corrected chi connectivity index (χ2v) is 4.53. The van der Waals surface area contributed by atoms with Gasteiger partial charge in [0.05, 0.1) is 11.8 Å². The summed E-state index contributed by atoms with van der Waals surface area (Å²) in [6.45, 7) is 0. The quantitative estimate of drug-likeness (QED) is 0.565. The van der Waals surface area contributed by atoms with Gasteiger partial charge < -0.3 is 21.2 Å². The topological polar surface area (TPSA) is 116 Å². The number of hydrogen-bond acceptors (Lipinski definition) is 5. The largest absolute Gasteiger partial charge is 0.365 e. The van der Waals surface area contributed by atoms with Gasteiger partial charge in [-0.3, -0.25) is 4.79 Å². The first-order chi connectivity index (χ1) is 10.6.